The molecule has 0 aromatic heterocycles. The van der Waals surface area contributed by atoms with Crippen LogP contribution in [-0.4, -0.2) is 19.2 Å². The minimum atomic E-state index is -0.385. The summed E-state index contributed by atoms with van der Waals surface area (Å²) in [6.45, 7) is 7.90. The Morgan fingerprint density at radius 1 is 0.649 bits per heavy atom. The van der Waals surface area contributed by atoms with E-state index < -0.39 is 0 Å². The Morgan fingerprint density at radius 2 is 1.22 bits per heavy atom. The van der Waals surface area contributed by atoms with E-state index in [2.05, 4.69) is 45.0 Å². The molecular formula is C33H42O4. The zero-order valence-corrected chi connectivity index (χ0v) is 22.7. The molecule has 1 unspecified atom stereocenters. The summed E-state index contributed by atoms with van der Waals surface area (Å²) in [6, 6.07) is 23.1. The standard InChI is InChI=1S/C33H42O4/c1-4-6-7-8-9-10-11-25-35-26(3)27-12-14-28(15-13-27)29-16-22-32(23-17-29)37-33(34)30-18-20-31(21-19-30)36-24-5-2/h12-23,26H,4-11,24-25H2,1-3H3. The number of ether oxygens (including phenoxy) is 3. The second-order valence-electron chi connectivity index (χ2n) is 9.54. The highest BCUT2D eigenvalue weighted by molar-refractivity contribution is 5.91. The third kappa shape index (κ3) is 9.70. The highest BCUT2D eigenvalue weighted by Gasteiger charge is 2.10. The first-order valence-electron chi connectivity index (χ1n) is 13.9. The van der Waals surface area contributed by atoms with Crippen molar-refractivity contribution in [2.75, 3.05) is 13.2 Å². The smallest absolute Gasteiger partial charge is 0.343 e. The van der Waals surface area contributed by atoms with Gasteiger partial charge in [-0.3, -0.25) is 0 Å². The predicted octanol–water partition coefficient (Wildman–Crippen LogP) is 9.19. The van der Waals surface area contributed by atoms with Crippen molar-refractivity contribution in [3.05, 3.63) is 83.9 Å². The summed E-state index contributed by atoms with van der Waals surface area (Å²) in [6.07, 6.45) is 10.1. The molecule has 0 fully saturated rings. The number of carbonyl (C=O) groups excluding carboxylic acids is 1. The lowest BCUT2D eigenvalue weighted by Gasteiger charge is -2.14. The van der Waals surface area contributed by atoms with E-state index in [0.29, 0.717) is 17.9 Å². The summed E-state index contributed by atoms with van der Waals surface area (Å²) in [5.74, 6) is 0.886. The number of hydrogen-bond donors (Lipinski definition) is 0. The van der Waals surface area contributed by atoms with Crippen molar-refractivity contribution >= 4 is 5.97 Å². The highest BCUT2D eigenvalue weighted by Crippen LogP contribution is 2.26. The molecule has 3 rings (SSSR count). The van der Waals surface area contributed by atoms with Gasteiger partial charge in [-0.15, -0.1) is 0 Å². The maximum absolute atomic E-state index is 12.5. The molecule has 0 spiro atoms. The molecule has 0 amide bonds. The van der Waals surface area contributed by atoms with Crippen LogP contribution in [0.5, 0.6) is 11.5 Å². The van der Waals surface area contributed by atoms with Gasteiger partial charge in [0.1, 0.15) is 11.5 Å². The van der Waals surface area contributed by atoms with E-state index in [4.69, 9.17) is 14.2 Å². The minimum Gasteiger partial charge on any atom is -0.494 e. The largest absolute Gasteiger partial charge is 0.494 e. The van der Waals surface area contributed by atoms with Crippen molar-refractivity contribution in [3.8, 4) is 22.6 Å². The molecule has 198 valence electrons. The van der Waals surface area contributed by atoms with Crippen LogP contribution in [0.3, 0.4) is 0 Å². The Hall–Kier alpha value is -3.11. The maximum atomic E-state index is 12.5. The molecule has 4 heteroatoms. The molecular weight excluding hydrogens is 460 g/mol. The summed E-state index contributed by atoms with van der Waals surface area (Å²) in [5, 5.41) is 0. The van der Waals surface area contributed by atoms with E-state index >= 15 is 0 Å². The van der Waals surface area contributed by atoms with Crippen LogP contribution in [0.25, 0.3) is 11.1 Å². The third-order valence-electron chi connectivity index (χ3n) is 6.46. The monoisotopic (exact) mass is 502 g/mol. The van der Waals surface area contributed by atoms with Crippen molar-refractivity contribution in [2.45, 2.75) is 78.2 Å². The molecule has 0 heterocycles. The number of carbonyl (C=O) groups is 1. The second-order valence-corrected chi connectivity index (χ2v) is 9.54. The second kappa shape index (κ2) is 15.9. The van der Waals surface area contributed by atoms with E-state index in [1.165, 1.54) is 44.1 Å². The Morgan fingerprint density at radius 3 is 1.84 bits per heavy atom. The fourth-order valence-corrected chi connectivity index (χ4v) is 4.15. The van der Waals surface area contributed by atoms with Crippen molar-refractivity contribution in [2.24, 2.45) is 0 Å². The van der Waals surface area contributed by atoms with E-state index in [1.54, 1.807) is 24.3 Å². The summed E-state index contributed by atoms with van der Waals surface area (Å²) in [7, 11) is 0. The first-order valence-corrected chi connectivity index (χ1v) is 13.9. The van der Waals surface area contributed by atoms with E-state index in [1.807, 2.05) is 24.3 Å². The van der Waals surface area contributed by atoms with Gasteiger partial charge < -0.3 is 14.2 Å². The zero-order chi connectivity index (χ0) is 26.3. The third-order valence-corrected chi connectivity index (χ3v) is 6.46. The predicted molar refractivity (Wildman–Crippen MR) is 151 cm³/mol. The minimum absolute atomic E-state index is 0.0863. The Balaban J connectivity index is 1.45. The molecule has 4 nitrogen and oxygen atoms in total. The molecule has 37 heavy (non-hydrogen) atoms. The molecule has 0 N–H and O–H groups in total. The van der Waals surface area contributed by atoms with E-state index in [9.17, 15) is 4.79 Å². The van der Waals surface area contributed by atoms with Gasteiger partial charge in [0.05, 0.1) is 18.3 Å². The van der Waals surface area contributed by atoms with Crippen molar-refractivity contribution in [3.63, 3.8) is 0 Å². The topological polar surface area (TPSA) is 44.8 Å². The lowest BCUT2D eigenvalue weighted by Crippen LogP contribution is -2.08. The quantitative estimate of drug-likeness (QED) is 0.111. The summed E-state index contributed by atoms with van der Waals surface area (Å²) < 4.78 is 17.2. The number of rotatable bonds is 16. The highest BCUT2D eigenvalue weighted by atomic mass is 16.5. The Bertz CT molecular complexity index is 1040. The summed E-state index contributed by atoms with van der Waals surface area (Å²) >= 11 is 0. The fraction of sp³-hybridized carbons (Fsp3) is 0.424. The molecule has 3 aromatic carbocycles. The van der Waals surface area contributed by atoms with Crippen LogP contribution in [0.2, 0.25) is 0 Å². The summed E-state index contributed by atoms with van der Waals surface area (Å²) in [5.41, 5.74) is 3.86. The number of benzene rings is 3. The van der Waals surface area contributed by atoms with Gasteiger partial charge in [-0.2, -0.15) is 0 Å². The van der Waals surface area contributed by atoms with Gasteiger partial charge in [0.2, 0.25) is 0 Å². The van der Waals surface area contributed by atoms with Crippen molar-refractivity contribution in [1.82, 2.24) is 0 Å². The number of esters is 1. The average molecular weight is 503 g/mol. The van der Waals surface area contributed by atoms with Crippen LogP contribution in [0.1, 0.15) is 94.2 Å². The number of unbranched alkanes of at least 4 members (excludes halogenated alkanes) is 6. The molecule has 0 saturated carbocycles. The van der Waals surface area contributed by atoms with Gasteiger partial charge in [-0.25, -0.2) is 4.79 Å². The van der Waals surface area contributed by atoms with Crippen LogP contribution in [0, 0.1) is 0 Å². The number of hydrogen-bond acceptors (Lipinski definition) is 4. The van der Waals surface area contributed by atoms with Crippen LogP contribution in [0.4, 0.5) is 0 Å². The molecule has 0 saturated heterocycles. The van der Waals surface area contributed by atoms with Crippen LogP contribution in [-0.2, 0) is 4.74 Å². The van der Waals surface area contributed by atoms with Gasteiger partial charge in [0.15, 0.2) is 0 Å². The summed E-state index contributed by atoms with van der Waals surface area (Å²) in [4.78, 5) is 12.5. The van der Waals surface area contributed by atoms with Gasteiger partial charge >= 0.3 is 5.97 Å². The average Bonchev–Trinajstić information content (AvgIpc) is 2.94. The lowest BCUT2D eigenvalue weighted by atomic mass is 10.0. The Kier molecular flexibility index (Phi) is 12.2. The van der Waals surface area contributed by atoms with Crippen molar-refractivity contribution in [1.29, 1.82) is 0 Å². The van der Waals surface area contributed by atoms with Gasteiger partial charge in [0, 0.05) is 6.61 Å². The zero-order valence-electron chi connectivity index (χ0n) is 22.7. The van der Waals surface area contributed by atoms with Gasteiger partial charge in [-0.05, 0) is 72.9 Å². The normalized spacial score (nSPS) is 11.8. The molecule has 0 aliphatic rings. The molecule has 3 aromatic rings. The molecule has 1 atom stereocenters. The first kappa shape index (κ1) is 28.5. The lowest BCUT2D eigenvalue weighted by molar-refractivity contribution is 0.0627. The van der Waals surface area contributed by atoms with Crippen LogP contribution >= 0.6 is 0 Å². The molecule has 0 aliphatic heterocycles. The maximum Gasteiger partial charge on any atom is 0.343 e. The fourth-order valence-electron chi connectivity index (χ4n) is 4.15. The van der Waals surface area contributed by atoms with E-state index in [-0.39, 0.29) is 12.1 Å². The molecule has 0 aliphatic carbocycles. The van der Waals surface area contributed by atoms with Gasteiger partial charge in [0.25, 0.3) is 0 Å². The van der Waals surface area contributed by atoms with Crippen molar-refractivity contribution < 1.29 is 19.0 Å². The SMILES string of the molecule is CCCCCCCCCOC(C)c1ccc(-c2ccc(OC(=O)c3ccc(OCCC)cc3)cc2)cc1. The van der Waals surface area contributed by atoms with Crippen LogP contribution in [0.15, 0.2) is 72.8 Å². The molecule has 0 bridgehead atoms. The molecule has 0 radical (unpaired) electrons. The van der Waals surface area contributed by atoms with Crippen LogP contribution < -0.4 is 9.47 Å². The van der Waals surface area contributed by atoms with Gasteiger partial charge in [-0.1, -0.05) is 88.8 Å². The Labute approximate surface area is 223 Å². The van der Waals surface area contributed by atoms with E-state index in [0.717, 1.165) is 36.3 Å². The first-order chi connectivity index (χ1) is 18.1.